The van der Waals surface area contributed by atoms with E-state index in [-0.39, 0.29) is 4.90 Å². The Morgan fingerprint density at radius 3 is 1.96 bits per heavy atom. The molecule has 6 heteroatoms. The number of alkyl halides is 2. The summed E-state index contributed by atoms with van der Waals surface area (Å²) in [7, 11) is -4.53. The summed E-state index contributed by atoms with van der Waals surface area (Å²) in [5, 5.41) is 0. The molecule has 0 saturated heterocycles. The number of hydrogen-bond acceptors (Lipinski definition) is 3. The summed E-state index contributed by atoms with van der Waals surface area (Å²) in [4.78, 5) is 1.90. The number of rotatable bonds is 8. The second-order valence-corrected chi connectivity index (χ2v) is 7.56. The molecule has 0 atom stereocenters. The van der Waals surface area contributed by atoms with Crippen molar-refractivity contribution >= 4 is 9.84 Å². The highest BCUT2D eigenvalue weighted by Gasteiger charge is 2.26. The molecule has 24 heavy (non-hydrogen) atoms. The molecule has 130 valence electrons. The number of sulfone groups is 1. The van der Waals surface area contributed by atoms with Crippen molar-refractivity contribution in [3.63, 3.8) is 0 Å². The third-order valence-electron chi connectivity index (χ3n) is 3.68. The Kier molecular flexibility index (Phi) is 6.45. The first-order chi connectivity index (χ1) is 11.4. The van der Waals surface area contributed by atoms with Crippen molar-refractivity contribution in [2.75, 3.05) is 6.54 Å². The number of nitrogens with zero attached hydrogens (tertiary/aromatic N) is 1. The van der Waals surface area contributed by atoms with Crippen LogP contribution in [-0.4, -0.2) is 25.6 Å². The van der Waals surface area contributed by atoms with E-state index in [4.69, 9.17) is 0 Å². The van der Waals surface area contributed by atoms with E-state index in [1.807, 2.05) is 18.2 Å². The number of halogens is 2. The normalized spacial score (nSPS) is 12.0. The van der Waals surface area contributed by atoms with Crippen molar-refractivity contribution in [2.45, 2.75) is 37.1 Å². The summed E-state index contributed by atoms with van der Waals surface area (Å²) in [6.07, 6.45) is 0.991. The van der Waals surface area contributed by atoms with Crippen LogP contribution >= 0.6 is 0 Å². The van der Waals surface area contributed by atoms with E-state index < -0.39 is 15.6 Å². The molecule has 2 rings (SSSR count). The molecule has 2 aromatic rings. The van der Waals surface area contributed by atoms with Crippen LogP contribution in [0.1, 0.15) is 24.5 Å². The van der Waals surface area contributed by atoms with Gasteiger partial charge in [-0.3, -0.25) is 4.90 Å². The summed E-state index contributed by atoms with van der Waals surface area (Å²) in [6.45, 7) is 4.41. The fourth-order valence-electron chi connectivity index (χ4n) is 2.52. The van der Waals surface area contributed by atoms with Crippen LogP contribution in [0.3, 0.4) is 0 Å². The molecule has 0 aliphatic heterocycles. The second-order valence-electron chi connectivity index (χ2n) is 5.65. The molecule has 2 aromatic carbocycles. The summed E-state index contributed by atoms with van der Waals surface area (Å²) >= 11 is 0. The first-order valence-corrected chi connectivity index (χ1v) is 9.35. The Labute approximate surface area is 141 Å². The van der Waals surface area contributed by atoms with Crippen LogP contribution in [0.2, 0.25) is 0 Å². The van der Waals surface area contributed by atoms with Gasteiger partial charge in [0.05, 0.1) is 4.90 Å². The van der Waals surface area contributed by atoms with Crippen LogP contribution in [0.15, 0.2) is 59.5 Å². The predicted octanol–water partition coefficient (Wildman–Crippen LogP) is 4.10. The molecule has 3 nitrogen and oxygen atoms in total. The minimum absolute atomic E-state index is 0.341. The summed E-state index contributed by atoms with van der Waals surface area (Å²) in [5.41, 5.74) is 2.09. The topological polar surface area (TPSA) is 37.4 Å². The maximum atomic E-state index is 12.6. The lowest BCUT2D eigenvalue weighted by atomic mass is 10.1. The van der Waals surface area contributed by atoms with Gasteiger partial charge in [-0.25, -0.2) is 8.42 Å². The van der Waals surface area contributed by atoms with Gasteiger partial charge in [0, 0.05) is 13.1 Å². The largest absolute Gasteiger partial charge is 0.341 e. The van der Waals surface area contributed by atoms with Gasteiger partial charge in [0.25, 0.3) is 0 Å². The lowest BCUT2D eigenvalue weighted by molar-refractivity contribution is 0.234. The zero-order valence-electron chi connectivity index (χ0n) is 13.5. The van der Waals surface area contributed by atoms with Gasteiger partial charge in [0.1, 0.15) is 0 Å². The fourth-order valence-corrected chi connectivity index (χ4v) is 3.24. The van der Waals surface area contributed by atoms with Crippen molar-refractivity contribution in [3.8, 4) is 0 Å². The zero-order chi connectivity index (χ0) is 17.6. The van der Waals surface area contributed by atoms with E-state index in [0.29, 0.717) is 6.54 Å². The van der Waals surface area contributed by atoms with E-state index in [0.717, 1.165) is 25.1 Å². The highest BCUT2D eigenvalue weighted by molar-refractivity contribution is 7.91. The lowest BCUT2D eigenvalue weighted by Crippen LogP contribution is -2.23. The van der Waals surface area contributed by atoms with Crippen LogP contribution in [0.25, 0.3) is 0 Å². The van der Waals surface area contributed by atoms with Gasteiger partial charge < -0.3 is 0 Å². The number of benzene rings is 2. The monoisotopic (exact) mass is 353 g/mol. The van der Waals surface area contributed by atoms with Crippen molar-refractivity contribution < 1.29 is 17.2 Å². The van der Waals surface area contributed by atoms with Crippen LogP contribution in [0, 0.1) is 0 Å². The molecule has 0 heterocycles. The van der Waals surface area contributed by atoms with Gasteiger partial charge >= 0.3 is 5.76 Å². The molecule has 0 fully saturated rings. The van der Waals surface area contributed by atoms with Crippen LogP contribution in [0.4, 0.5) is 8.78 Å². The van der Waals surface area contributed by atoms with Crippen LogP contribution < -0.4 is 0 Å². The summed E-state index contributed by atoms with van der Waals surface area (Å²) in [5.74, 6) is -3.39. The number of hydrogen-bond donors (Lipinski definition) is 0. The highest BCUT2D eigenvalue weighted by Crippen LogP contribution is 2.19. The minimum atomic E-state index is -4.53. The summed E-state index contributed by atoms with van der Waals surface area (Å²) < 4.78 is 48.0. The maximum absolute atomic E-state index is 12.6. The van der Waals surface area contributed by atoms with Crippen molar-refractivity contribution in [2.24, 2.45) is 0 Å². The van der Waals surface area contributed by atoms with E-state index in [1.54, 1.807) is 12.1 Å². The van der Waals surface area contributed by atoms with Crippen molar-refractivity contribution in [1.82, 2.24) is 4.90 Å². The quantitative estimate of drug-likeness (QED) is 0.717. The molecule has 0 unspecified atom stereocenters. The molecule has 0 aliphatic rings. The van der Waals surface area contributed by atoms with Gasteiger partial charge in [-0.1, -0.05) is 49.4 Å². The summed E-state index contributed by atoms with van der Waals surface area (Å²) in [6, 6.07) is 15.8. The van der Waals surface area contributed by atoms with Crippen LogP contribution in [-0.2, 0) is 22.9 Å². The molecule has 0 N–H and O–H groups in total. The molecule has 0 radical (unpaired) electrons. The predicted molar refractivity (Wildman–Crippen MR) is 90.5 cm³/mol. The molecule has 0 spiro atoms. The molecule has 0 aliphatic carbocycles. The Hall–Kier alpha value is -1.79. The van der Waals surface area contributed by atoms with E-state index in [2.05, 4.69) is 24.0 Å². The smallest absolute Gasteiger partial charge is 0.295 e. The second kappa shape index (κ2) is 8.35. The maximum Gasteiger partial charge on any atom is 0.341 e. The fraction of sp³-hybridized carbons (Fsp3) is 0.333. The van der Waals surface area contributed by atoms with Gasteiger partial charge in [-0.15, -0.1) is 0 Å². The Balaban J connectivity index is 2.10. The third kappa shape index (κ3) is 4.85. The zero-order valence-corrected chi connectivity index (χ0v) is 14.3. The first kappa shape index (κ1) is 18.5. The standard InChI is InChI=1S/C18H21F2NO2S/c1-2-12-21(13-15-6-4-3-5-7-15)14-16-8-10-17(11-9-16)24(22,23)18(19)20/h3-11,18H,2,12-14H2,1H3. The van der Waals surface area contributed by atoms with E-state index in [1.165, 1.54) is 17.7 Å². The Bertz CT molecular complexity index is 731. The molecule has 0 bridgehead atoms. The molecular weight excluding hydrogens is 332 g/mol. The lowest BCUT2D eigenvalue weighted by Gasteiger charge is -2.22. The molecule has 0 saturated carbocycles. The highest BCUT2D eigenvalue weighted by atomic mass is 32.2. The molecule has 0 amide bonds. The first-order valence-electron chi connectivity index (χ1n) is 7.80. The SMILES string of the molecule is CCCN(Cc1ccccc1)Cc1ccc(S(=O)(=O)C(F)F)cc1. The van der Waals surface area contributed by atoms with Crippen molar-refractivity contribution in [1.29, 1.82) is 0 Å². The average molecular weight is 353 g/mol. The van der Waals surface area contributed by atoms with E-state index in [9.17, 15) is 17.2 Å². The Morgan fingerprint density at radius 1 is 0.917 bits per heavy atom. The minimum Gasteiger partial charge on any atom is -0.295 e. The van der Waals surface area contributed by atoms with E-state index >= 15 is 0 Å². The van der Waals surface area contributed by atoms with Crippen LogP contribution in [0.5, 0.6) is 0 Å². The van der Waals surface area contributed by atoms with Crippen molar-refractivity contribution in [3.05, 3.63) is 65.7 Å². The van der Waals surface area contributed by atoms with Gasteiger partial charge in [0.15, 0.2) is 0 Å². The molecule has 0 aromatic heterocycles. The van der Waals surface area contributed by atoms with Gasteiger partial charge in [-0.2, -0.15) is 8.78 Å². The third-order valence-corrected chi connectivity index (χ3v) is 5.08. The van der Waals surface area contributed by atoms with Gasteiger partial charge in [-0.05, 0) is 36.2 Å². The average Bonchev–Trinajstić information content (AvgIpc) is 2.56. The Morgan fingerprint density at radius 2 is 1.46 bits per heavy atom. The molecular formula is C18H21F2NO2S. The van der Waals surface area contributed by atoms with Gasteiger partial charge in [0.2, 0.25) is 9.84 Å².